The maximum atomic E-state index is 5.57. The van der Waals surface area contributed by atoms with Crippen LogP contribution in [0.15, 0.2) is 23.5 Å². The Morgan fingerprint density at radius 1 is 1.55 bits per heavy atom. The average molecular weight is 152 g/mol. The molecule has 0 aromatic carbocycles. The Kier molecular flexibility index (Phi) is 3.21. The molecule has 1 rings (SSSR count). The van der Waals surface area contributed by atoms with Crippen LogP contribution >= 0.6 is 0 Å². The smallest absolute Gasteiger partial charge is 0.0991 e. The summed E-state index contributed by atoms with van der Waals surface area (Å²) in [5.41, 5.74) is 1.30. The lowest BCUT2D eigenvalue weighted by molar-refractivity contribution is 0.199. The molecule has 0 spiro atoms. The molecule has 0 saturated heterocycles. The van der Waals surface area contributed by atoms with Crippen molar-refractivity contribution in [3.63, 3.8) is 0 Å². The van der Waals surface area contributed by atoms with Crippen LogP contribution in [0.1, 0.15) is 33.1 Å². The van der Waals surface area contributed by atoms with Crippen molar-refractivity contribution in [3.8, 4) is 0 Å². The van der Waals surface area contributed by atoms with Gasteiger partial charge in [-0.1, -0.05) is 19.1 Å². The van der Waals surface area contributed by atoms with E-state index in [0.29, 0.717) is 0 Å². The number of hydrogen-bond acceptors (Lipinski definition) is 1. The summed E-state index contributed by atoms with van der Waals surface area (Å²) in [5.74, 6) is 1.19. The lowest BCUT2D eigenvalue weighted by atomic mass is 10.1. The SMILES string of the molecule is CCCOC1=C(C)C=CCC1. The van der Waals surface area contributed by atoms with Gasteiger partial charge in [0.05, 0.1) is 12.4 Å². The fraction of sp³-hybridized carbons (Fsp3) is 0.600. The minimum Gasteiger partial charge on any atom is -0.498 e. The van der Waals surface area contributed by atoms with E-state index in [1.54, 1.807) is 0 Å². The van der Waals surface area contributed by atoms with Gasteiger partial charge >= 0.3 is 0 Å². The molecule has 0 radical (unpaired) electrons. The van der Waals surface area contributed by atoms with E-state index >= 15 is 0 Å². The molecule has 0 heterocycles. The first-order valence-corrected chi connectivity index (χ1v) is 4.33. The molecule has 0 bridgehead atoms. The maximum Gasteiger partial charge on any atom is 0.0991 e. The molecule has 0 aromatic heterocycles. The van der Waals surface area contributed by atoms with Crippen molar-refractivity contribution in [2.75, 3.05) is 6.61 Å². The van der Waals surface area contributed by atoms with E-state index in [9.17, 15) is 0 Å². The van der Waals surface area contributed by atoms with Gasteiger partial charge in [-0.2, -0.15) is 0 Å². The molecule has 1 aliphatic rings. The van der Waals surface area contributed by atoms with Gasteiger partial charge < -0.3 is 4.74 Å². The summed E-state index contributed by atoms with van der Waals surface area (Å²) in [6, 6.07) is 0. The zero-order valence-electron chi connectivity index (χ0n) is 7.39. The Morgan fingerprint density at radius 3 is 3.00 bits per heavy atom. The number of allylic oxidation sites excluding steroid dienone is 4. The first-order chi connectivity index (χ1) is 5.34. The van der Waals surface area contributed by atoms with Crippen LogP contribution in [0.4, 0.5) is 0 Å². The van der Waals surface area contributed by atoms with Crippen molar-refractivity contribution in [1.82, 2.24) is 0 Å². The predicted molar refractivity (Wildman–Crippen MR) is 47.3 cm³/mol. The molecule has 0 unspecified atom stereocenters. The zero-order chi connectivity index (χ0) is 8.10. The molecule has 0 aromatic rings. The highest BCUT2D eigenvalue weighted by molar-refractivity contribution is 5.23. The summed E-state index contributed by atoms with van der Waals surface area (Å²) < 4.78 is 5.57. The van der Waals surface area contributed by atoms with Crippen LogP contribution in [0.5, 0.6) is 0 Å². The van der Waals surface area contributed by atoms with Gasteiger partial charge in [0.15, 0.2) is 0 Å². The third-order valence-corrected chi connectivity index (χ3v) is 1.83. The normalized spacial score (nSPS) is 17.3. The van der Waals surface area contributed by atoms with Crippen molar-refractivity contribution < 1.29 is 4.74 Å². The summed E-state index contributed by atoms with van der Waals surface area (Å²) in [5, 5.41) is 0. The van der Waals surface area contributed by atoms with Crippen LogP contribution in [0.2, 0.25) is 0 Å². The van der Waals surface area contributed by atoms with Gasteiger partial charge in [-0.3, -0.25) is 0 Å². The molecular weight excluding hydrogens is 136 g/mol. The second-order valence-electron chi connectivity index (χ2n) is 2.90. The molecule has 0 fully saturated rings. The minimum absolute atomic E-state index is 0.862. The predicted octanol–water partition coefficient (Wildman–Crippen LogP) is 3.04. The third-order valence-electron chi connectivity index (χ3n) is 1.83. The molecule has 11 heavy (non-hydrogen) atoms. The lowest BCUT2D eigenvalue weighted by Crippen LogP contribution is -1.98. The van der Waals surface area contributed by atoms with Crippen LogP contribution in [-0.4, -0.2) is 6.61 Å². The van der Waals surface area contributed by atoms with Gasteiger partial charge in [-0.25, -0.2) is 0 Å². The highest BCUT2D eigenvalue weighted by Gasteiger charge is 2.04. The molecule has 0 atom stereocenters. The van der Waals surface area contributed by atoms with Crippen molar-refractivity contribution in [3.05, 3.63) is 23.5 Å². The second kappa shape index (κ2) is 4.22. The van der Waals surface area contributed by atoms with Gasteiger partial charge in [0.25, 0.3) is 0 Å². The van der Waals surface area contributed by atoms with Gasteiger partial charge in [0.2, 0.25) is 0 Å². The van der Waals surface area contributed by atoms with Crippen LogP contribution in [0.3, 0.4) is 0 Å². The van der Waals surface area contributed by atoms with E-state index in [1.807, 2.05) is 0 Å². The Hall–Kier alpha value is -0.720. The first-order valence-electron chi connectivity index (χ1n) is 4.33. The standard InChI is InChI=1S/C10H16O/c1-3-8-11-10-7-5-4-6-9(10)2/h4,6H,3,5,7-8H2,1-2H3. The molecule has 0 amide bonds. The zero-order valence-corrected chi connectivity index (χ0v) is 7.39. The number of ether oxygens (including phenoxy) is 1. The fourth-order valence-corrected chi connectivity index (χ4v) is 1.18. The first kappa shape index (κ1) is 8.38. The Bertz CT molecular complexity index is 177. The molecule has 62 valence electrons. The van der Waals surface area contributed by atoms with Crippen LogP contribution < -0.4 is 0 Å². The van der Waals surface area contributed by atoms with Gasteiger partial charge in [-0.05, 0) is 25.3 Å². The molecule has 1 heteroatoms. The average Bonchev–Trinajstić information content (AvgIpc) is 2.03. The summed E-state index contributed by atoms with van der Waals surface area (Å²) in [7, 11) is 0. The van der Waals surface area contributed by atoms with Gasteiger partial charge in [0.1, 0.15) is 0 Å². The fourth-order valence-electron chi connectivity index (χ4n) is 1.18. The number of hydrogen-bond donors (Lipinski definition) is 0. The Balaban J connectivity index is 2.46. The van der Waals surface area contributed by atoms with Crippen molar-refractivity contribution in [1.29, 1.82) is 0 Å². The Morgan fingerprint density at radius 2 is 2.36 bits per heavy atom. The van der Waals surface area contributed by atoms with Crippen molar-refractivity contribution in [2.45, 2.75) is 33.1 Å². The van der Waals surface area contributed by atoms with E-state index in [2.05, 4.69) is 26.0 Å². The Labute approximate surface area is 68.8 Å². The monoisotopic (exact) mass is 152 g/mol. The third kappa shape index (κ3) is 2.41. The molecule has 1 aliphatic carbocycles. The number of rotatable bonds is 3. The van der Waals surface area contributed by atoms with Crippen LogP contribution in [0, 0.1) is 0 Å². The summed E-state index contributed by atoms with van der Waals surface area (Å²) in [6.45, 7) is 5.11. The molecule has 0 aliphatic heterocycles. The van der Waals surface area contributed by atoms with Crippen molar-refractivity contribution >= 4 is 0 Å². The molecular formula is C10H16O. The topological polar surface area (TPSA) is 9.23 Å². The van der Waals surface area contributed by atoms with E-state index in [4.69, 9.17) is 4.74 Å². The summed E-state index contributed by atoms with van der Waals surface area (Å²) in [6.07, 6.45) is 7.67. The van der Waals surface area contributed by atoms with E-state index in [1.165, 1.54) is 11.3 Å². The molecule has 0 saturated carbocycles. The van der Waals surface area contributed by atoms with E-state index < -0.39 is 0 Å². The summed E-state index contributed by atoms with van der Waals surface area (Å²) in [4.78, 5) is 0. The van der Waals surface area contributed by atoms with E-state index in [0.717, 1.165) is 25.9 Å². The van der Waals surface area contributed by atoms with Crippen LogP contribution in [0.25, 0.3) is 0 Å². The summed E-state index contributed by atoms with van der Waals surface area (Å²) >= 11 is 0. The highest BCUT2D eigenvalue weighted by Crippen LogP contribution is 2.19. The quantitative estimate of drug-likeness (QED) is 0.604. The van der Waals surface area contributed by atoms with Crippen molar-refractivity contribution in [2.24, 2.45) is 0 Å². The minimum atomic E-state index is 0.862. The second-order valence-corrected chi connectivity index (χ2v) is 2.90. The van der Waals surface area contributed by atoms with E-state index in [-0.39, 0.29) is 0 Å². The van der Waals surface area contributed by atoms with Gasteiger partial charge in [-0.15, -0.1) is 0 Å². The lowest BCUT2D eigenvalue weighted by Gasteiger charge is -2.13. The highest BCUT2D eigenvalue weighted by atomic mass is 16.5. The van der Waals surface area contributed by atoms with Crippen LogP contribution in [-0.2, 0) is 4.74 Å². The largest absolute Gasteiger partial charge is 0.498 e. The molecule has 1 nitrogen and oxygen atoms in total. The maximum absolute atomic E-state index is 5.57. The molecule has 0 N–H and O–H groups in total. The van der Waals surface area contributed by atoms with Gasteiger partial charge in [0, 0.05) is 6.42 Å².